The monoisotopic (exact) mass is 503 g/mol. The van der Waals surface area contributed by atoms with E-state index in [1.165, 1.54) is 5.57 Å². The van der Waals surface area contributed by atoms with Gasteiger partial charge in [-0.1, -0.05) is 42.5 Å². The molecular formula is C31H41N3O3. The third kappa shape index (κ3) is 6.42. The van der Waals surface area contributed by atoms with Gasteiger partial charge in [0.1, 0.15) is 6.29 Å². The van der Waals surface area contributed by atoms with E-state index < -0.39 is 0 Å². The van der Waals surface area contributed by atoms with Crippen LogP contribution in [0, 0.1) is 23.7 Å². The predicted octanol–water partition coefficient (Wildman–Crippen LogP) is 4.20. The lowest BCUT2D eigenvalue weighted by atomic mass is 9.73. The molecule has 4 aliphatic rings. The van der Waals surface area contributed by atoms with Gasteiger partial charge >= 0.3 is 0 Å². The van der Waals surface area contributed by atoms with Crippen LogP contribution >= 0.6 is 0 Å². The van der Waals surface area contributed by atoms with Crippen LogP contribution in [0.1, 0.15) is 48.0 Å². The fourth-order valence-corrected chi connectivity index (χ4v) is 6.45. The maximum absolute atomic E-state index is 13.3. The Bertz CT molecular complexity index is 1030. The minimum Gasteiger partial charge on any atom is -0.391 e. The highest BCUT2D eigenvalue weighted by Crippen LogP contribution is 2.38. The molecule has 0 spiro atoms. The topological polar surface area (TPSA) is 61.9 Å². The molecule has 1 amide bonds. The van der Waals surface area contributed by atoms with Crippen molar-refractivity contribution < 1.29 is 14.3 Å². The third-order valence-corrected chi connectivity index (χ3v) is 8.58. The Balaban J connectivity index is 1.33. The second-order valence-corrected chi connectivity index (χ2v) is 10.9. The number of amides is 1. The van der Waals surface area contributed by atoms with Crippen LogP contribution in [0.2, 0.25) is 0 Å². The first-order valence-corrected chi connectivity index (χ1v) is 14.1. The molecule has 6 nitrogen and oxygen atoms in total. The first kappa shape index (κ1) is 25.9. The first-order valence-electron chi connectivity index (χ1n) is 14.1. The predicted molar refractivity (Wildman–Crippen MR) is 146 cm³/mol. The number of piperidine rings is 1. The number of ether oxygens (including phenoxy) is 1. The Labute approximate surface area is 221 Å². The summed E-state index contributed by atoms with van der Waals surface area (Å²) in [5, 5.41) is 3.39. The van der Waals surface area contributed by atoms with Crippen LogP contribution in [0.3, 0.4) is 0 Å². The Morgan fingerprint density at radius 2 is 1.97 bits per heavy atom. The van der Waals surface area contributed by atoms with Gasteiger partial charge in [-0.2, -0.15) is 0 Å². The Hall–Kier alpha value is -2.70. The van der Waals surface area contributed by atoms with Gasteiger partial charge in [0.25, 0.3) is 5.91 Å². The summed E-state index contributed by atoms with van der Waals surface area (Å²) in [6, 6.07) is 8.12. The molecule has 198 valence electrons. The maximum Gasteiger partial charge on any atom is 0.254 e. The van der Waals surface area contributed by atoms with Crippen LogP contribution in [-0.4, -0.2) is 67.9 Å². The number of carbonyl (C=O) groups is 2. The van der Waals surface area contributed by atoms with Gasteiger partial charge < -0.3 is 19.7 Å². The smallest absolute Gasteiger partial charge is 0.254 e. The molecule has 1 aromatic carbocycles. The zero-order valence-electron chi connectivity index (χ0n) is 21.9. The molecule has 2 saturated heterocycles. The van der Waals surface area contributed by atoms with Crippen molar-refractivity contribution in [1.82, 2.24) is 15.1 Å². The minimum atomic E-state index is 0.122. The number of fused-ring (bicyclic) bond motifs is 1. The average Bonchev–Trinajstić information content (AvgIpc) is 3.19. The molecule has 0 saturated carbocycles. The van der Waals surface area contributed by atoms with E-state index in [4.69, 9.17) is 4.74 Å². The van der Waals surface area contributed by atoms with E-state index >= 15 is 0 Å². The van der Waals surface area contributed by atoms with E-state index in [1.807, 2.05) is 23.1 Å². The molecule has 0 radical (unpaired) electrons. The number of nitrogens with zero attached hydrogens (tertiary/aromatic N) is 2. The second-order valence-electron chi connectivity index (χ2n) is 10.9. The number of unbranched alkanes of at least 4 members (excludes halogenated alkanes) is 1. The van der Waals surface area contributed by atoms with Crippen molar-refractivity contribution in [1.29, 1.82) is 0 Å². The number of rotatable bonds is 8. The molecular weight excluding hydrogens is 462 g/mol. The summed E-state index contributed by atoms with van der Waals surface area (Å²) in [7, 11) is 0. The molecule has 1 N–H and O–H groups in total. The highest BCUT2D eigenvalue weighted by molar-refractivity contribution is 5.95. The summed E-state index contributed by atoms with van der Waals surface area (Å²) in [6.07, 6.45) is 17.8. The highest BCUT2D eigenvalue weighted by Gasteiger charge is 2.33. The minimum absolute atomic E-state index is 0.122. The quantitative estimate of drug-likeness (QED) is 0.426. The van der Waals surface area contributed by atoms with Crippen LogP contribution < -0.4 is 5.32 Å². The summed E-state index contributed by atoms with van der Waals surface area (Å²) >= 11 is 0. The van der Waals surface area contributed by atoms with E-state index in [1.54, 1.807) is 0 Å². The molecule has 4 unspecified atom stereocenters. The van der Waals surface area contributed by atoms with Gasteiger partial charge in [0.2, 0.25) is 0 Å². The van der Waals surface area contributed by atoms with E-state index in [0.717, 1.165) is 69.3 Å². The number of carbonyl (C=O) groups excluding carboxylic acids is 2. The van der Waals surface area contributed by atoms with Gasteiger partial charge in [-0.3, -0.25) is 9.69 Å². The number of nitrogens with one attached hydrogen (secondary N) is 1. The van der Waals surface area contributed by atoms with Gasteiger partial charge in [0.15, 0.2) is 0 Å². The van der Waals surface area contributed by atoms with Crippen molar-refractivity contribution >= 4 is 12.2 Å². The molecule has 6 heteroatoms. The summed E-state index contributed by atoms with van der Waals surface area (Å²) in [4.78, 5) is 28.8. The zero-order chi connectivity index (χ0) is 25.5. The van der Waals surface area contributed by atoms with Crippen molar-refractivity contribution in [2.24, 2.45) is 23.7 Å². The standard InChI is InChI=1S/C31H41N3O3/c35-18-4-3-5-25-12-15-33(23-30(25)27-9-8-24-10-13-32-14-11-26(24)21-27)22-28-6-1-2-7-29(28)31(36)34-16-19-37-20-17-34/h1-2,6-9,11,14,18,21,24-26,30,32H,3-5,10,12-13,15-17,19-20,22-23H2. The molecule has 1 aromatic rings. The molecule has 5 rings (SSSR count). The van der Waals surface area contributed by atoms with Gasteiger partial charge in [-0.25, -0.2) is 0 Å². The summed E-state index contributed by atoms with van der Waals surface area (Å²) < 4.78 is 5.45. The first-order chi connectivity index (χ1) is 18.2. The summed E-state index contributed by atoms with van der Waals surface area (Å²) in [5.74, 6) is 2.18. The van der Waals surface area contributed by atoms with Crippen LogP contribution in [0.4, 0.5) is 0 Å². The average molecular weight is 504 g/mol. The summed E-state index contributed by atoms with van der Waals surface area (Å²) in [5.41, 5.74) is 3.39. The number of morpholine rings is 1. The van der Waals surface area contributed by atoms with E-state index in [2.05, 4.69) is 46.8 Å². The molecule has 0 aromatic heterocycles. The second kappa shape index (κ2) is 12.7. The van der Waals surface area contributed by atoms with Crippen LogP contribution in [0.15, 0.2) is 60.3 Å². The molecule has 1 aliphatic carbocycles. The normalized spacial score (nSPS) is 28.1. The molecule has 2 fully saturated rings. The van der Waals surface area contributed by atoms with Gasteiger partial charge in [0.05, 0.1) is 13.2 Å². The maximum atomic E-state index is 13.3. The Kier molecular flexibility index (Phi) is 8.90. The van der Waals surface area contributed by atoms with Crippen molar-refractivity contribution in [3.63, 3.8) is 0 Å². The van der Waals surface area contributed by atoms with Crippen molar-refractivity contribution in [3.8, 4) is 0 Å². The molecule has 3 heterocycles. The fraction of sp³-hybridized carbons (Fsp3) is 0.548. The van der Waals surface area contributed by atoms with Crippen LogP contribution in [0.25, 0.3) is 0 Å². The number of aldehydes is 1. The highest BCUT2D eigenvalue weighted by atomic mass is 16.5. The Morgan fingerprint density at radius 3 is 2.84 bits per heavy atom. The van der Waals surface area contributed by atoms with Crippen molar-refractivity contribution in [2.45, 2.75) is 38.6 Å². The lowest BCUT2D eigenvalue weighted by molar-refractivity contribution is -0.108. The van der Waals surface area contributed by atoms with Gasteiger partial charge in [-0.15, -0.1) is 0 Å². The van der Waals surface area contributed by atoms with Gasteiger partial charge in [0, 0.05) is 50.6 Å². The van der Waals surface area contributed by atoms with Gasteiger partial charge in [-0.05, 0) is 73.4 Å². The Morgan fingerprint density at radius 1 is 1.11 bits per heavy atom. The van der Waals surface area contributed by atoms with Crippen LogP contribution in [0.5, 0.6) is 0 Å². The summed E-state index contributed by atoms with van der Waals surface area (Å²) in [6.45, 7) is 6.38. The third-order valence-electron chi connectivity index (χ3n) is 8.58. The SMILES string of the molecule is O=CCCCC1CCN(Cc2ccccc2C(=O)N2CCOCC2)CC1C1=CC2C=CNCCC2C=C1. The molecule has 0 bridgehead atoms. The lowest BCUT2D eigenvalue weighted by Crippen LogP contribution is -2.42. The lowest BCUT2D eigenvalue weighted by Gasteiger charge is -2.41. The van der Waals surface area contributed by atoms with Crippen molar-refractivity contribution in [3.05, 3.63) is 71.5 Å². The number of benzene rings is 1. The van der Waals surface area contributed by atoms with Crippen LogP contribution in [-0.2, 0) is 16.1 Å². The number of allylic oxidation sites excluding steroid dienone is 4. The fourth-order valence-electron chi connectivity index (χ4n) is 6.45. The molecule has 4 atom stereocenters. The number of hydrogen-bond donors (Lipinski definition) is 1. The molecule has 3 aliphatic heterocycles. The number of hydrogen-bond acceptors (Lipinski definition) is 5. The molecule has 37 heavy (non-hydrogen) atoms. The number of likely N-dealkylation sites (tertiary alicyclic amines) is 1. The van der Waals surface area contributed by atoms with E-state index in [0.29, 0.717) is 56.4 Å². The van der Waals surface area contributed by atoms with E-state index in [-0.39, 0.29) is 5.91 Å². The van der Waals surface area contributed by atoms with Crippen molar-refractivity contribution in [2.75, 3.05) is 45.9 Å². The largest absolute Gasteiger partial charge is 0.391 e. The zero-order valence-corrected chi connectivity index (χ0v) is 21.9. The van der Waals surface area contributed by atoms with E-state index in [9.17, 15) is 9.59 Å².